The summed E-state index contributed by atoms with van der Waals surface area (Å²) in [5, 5.41) is 16.0. The third-order valence-electron chi connectivity index (χ3n) is 3.16. The zero-order valence-corrected chi connectivity index (χ0v) is 15.5. The Hall–Kier alpha value is -2.62. The third kappa shape index (κ3) is 5.45. The normalized spacial score (nSPS) is 10.5. The van der Waals surface area contributed by atoms with Gasteiger partial charge >= 0.3 is 0 Å². The summed E-state index contributed by atoms with van der Waals surface area (Å²) in [6.07, 6.45) is 1.29. The average molecular weight is 453 g/mol. The van der Waals surface area contributed by atoms with Crippen LogP contribution in [0.5, 0.6) is 11.5 Å². The summed E-state index contributed by atoms with van der Waals surface area (Å²) in [5.74, 6) is -0.270. The Labute approximate surface area is 158 Å². The molecule has 2 aromatic carbocycles. The van der Waals surface area contributed by atoms with Crippen molar-refractivity contribution in [1.29, 1.82) is 0 Å². The fourth-order valence-electron chi connectivity index (χ4n) is 1.88. The molecule has 8 heteroatoms. The van der Waals surface area contributed by atoms with Crippen molar-refractivity contribution in [3.8, 4) is 11.5 Å². The minimum absolute atomic E-state index is 0.00533. The Morgan fingerprint density at radius 2 is 2.04 bits per heavy atom. The summed E-state index contributed by atoms with van der Waals surface area (Å²) in [5.41, 5.74) is 3.17. The van der Waals surface area contributed by atoms with Gasteiger partial charge in [0.25, 0.3) is 11.8 Å². The molecule has 0 aliphatic heterocycles. The first kappa shape index (κ1) is 18.7. The van der Waals surface area contributed by atoms with Gasteiger partial charge in [-0.1, -0.05) is 12.1 Å². The zero-order chi connectivity index (χ0) is 18.2. The number of halogens is 1. The second-order valence-corrected chi connectivity index (χ2v) is 6.04. The van der Waals surface area contributed by atoms with Crippen molar-refractivity contribution >= 4 is 40.6 Å². The quantitative estimate of drug-likeness (QED) is 0.354. The molecular weight excluding hydrogens is 437 g/mol. The van der Waals surface area contributed by atoms with E-state index < -0.39 is 5.91 Å². The van der Waals surface area contributed by atoms with E-state index in [4.69, 9.17) is 4.74 Å². The van der Waals surface area contributed by atoms with Gasteiger partial charge in [-0.15, -0.1) is 0 Å². The fraction of sp³-hybridized carbons (Fsp3) is 0.118. The highest BCUT2D eigenvalue weighted by atomic mass is 127. The van der Waals surface area contributed by atoms with Crippen molar-refractivity contribution < 1.29 is 19.4 Å². The summed E-state index contributed by atoms with van der Waals surface area (Å²) >= 11 is 2.05. The summed E-state index contributed by atoms with van der Waals surface area (Å²) in [6, 6.07) is 11.7. The van der Waals surface area contributed by atoms with E-state index in [1.807, 2.05) is 6.07 Å². The lowest BCUT2D eigenvalue weighted by molar-refractivity contribution is -0.120. The maximum Gasteiger partial charge on any atom is 0.259 e. The number of hydrogen-bond acceptors (Lipinski definition) is 5. The lowest BCUT2D eigenvalue weighted by Gasteiger charge is -2.06. The van der Waals surface area contributed by atoms with Gasteiger partial charge in [0.2, 0.25) is 0 Å². The number of nitrogens with one attached hydrogen (secondary N) is 2. The van der Waals surface area contributed by atoms with Crippen molar-refractivity contribution in [2.24, 2.45) is 5.10 Å². The van der Waals surface area contributed by atoms with Gasteiger partial charge in [0.15, 0.2) is 0 Å². The molecule has 0 aliphatic carbocycles. The highest BCUT2D eigenvalue weighted by Gasteiger charge is 2.10. The SMILES string of the molecule is COc1ccc(O)c(/C=N\NC(=O)CNC(=O)c2ccccc2I)c1. The Morgan fingerprint density at radius 3 is 2.76 bits per heavy atom. The first-order valence-electron chi connectivity index (χ1n) is 7.23. The molecule has 0 unspecified atom stereocenters. The monoisotopic (exact) mass is 453 g/mol. The van der Waals surface area contributed by atoms with Crippen LogP contribution in [-0.4, -0.2) is 36.8 Å². The molecule has 0 aromatic heterocycles. The van der Waals surface area contributed by atoms with E-state index in [-0.39, 0.29) is 18.2 Å². The molecule has 7 nitrogen and oxygen atoms in total. The average Bonchev–Trinajstić information content (AvgIpc) is 2.61. The van der Waals surface area contributed by atoms with E-state index >= 15 is 0 Å². The molecule has 0 fully saturated rings. The van der Waals surface area contributed by atoms with Crippen LogP contribution in [0, 0.1) is 3.57 Å². The van der Waals surface area contributed by atoms with E-state index in [1.54, 1.807) is 30.3 Å². The molecule has 2 aromatic rings. The predicted octanol–water partition coefficient (Wildman–Crippen LogP) is 1.89. The second-order valence-electron chi connectivity index (χ2n) is 4.88. The lowest BCUT2D eigenvalue weighted by Crippen LogP contribution is -2.35. The van der Waals surface area contributed by atoms with Crippen molar-refractivity contribution in [3.05, 3.63) is 57.2 Å². The molecule has 2 rings (SSSR count). The molecule has 0 spiro atoms. The Kier molecular flexibility index (Phi) is 6.75. The van der Waals surface area contributed by atoms with Gasteiger partial charge in [0.1, 0.15) is 11.5 Å². The molecule has 0 saturated heterocycles. The maximum atomic E-state index is 12.0. The first-order valence-corrected chi connectivity index (χ1v) is 8.30. The molecular formula is C17H16IN3O4. The molecule has 0 radical (unpaired) electrons. The summed E-state index contributed by atoms with van der Waals surface area (Å²) in [4.78, 5) is 23.7. The number of aromatic hydroxyl groups is 1. The van der Waals surface area contributed by atoms with Crippen LogP contribution in [0.2, 0.25) is 0 Å². The molecule has 0 saturated carbocycles. The third-order valence-corrected chi connectivity index (χ3v) is 4.10. The number of phenolic OH excluding ortho intramolecular Hbond substituents is 1. The number of hydrazone groups is 1. The van der Waals surface area contributed by atoms with Crippen molar-refractivity contribution in [3.63, 3.8) is 0 Å². The number of phenols is 1. The Morgan fingerprint density at radius 1 is 1.28 bits per heavy atom. The highest BCUT2D eigenvalue weighted by Crippen LogP contribution is 2.20. The number of ether oxygens (including phenoxy) is 1. The number of methoxy groups -OCH3 is 1. The fourth-order valence-corrected chi connectivity index (χ4v) is 2.51. The minimum Gasteiger partial charge on any atom is -0.507 e. The smallest absolute Gasteiger partial charge is 0.259 e. The minimum atomic E-state index is -0.488. The van der Waals surface area contributed by atoms with Crippen LogP contribution < -0.4 is 15.5 Å². The van der Waals surface area contributed by atoms with Gasteiger partial charge in [0.05, 0.1) is 25.4 Å². The van der Waals surface area contributed by atoms with Crippen LogP contribution in [0.15, 0.2) is 47.6 Å². The summed E-state index contributed by atoms with van der Waals surface area (Å²) in [7, 11) is 1.51. The molecule has 2 amide bonds. The predicted molar refractivity (Wildman–Crippen MR) is 102 cm³/mol. The molecule has 0 atom stereocenters. The molecule has 0 heterocycles. The number of benzene rings is 2. The van der Waals surface area contributed by atoms with Gasteiger partial charge in [-0.25, -0.2) is 5.43 Å². The molecule has 130 valence electrons. The Balaban J connectivity index is 1.87. The Bertz CT molecular complexity index is 808. The van der Waals surface area contributed by atoms with Gasteiger partial charge in [-0.05, 0) is 52.9 Å². The standard InChI is InChI=1S/C17H16IN3O4/c1-25-12-6-7-15(22)11(8-12)9-20-21-16(23)10-19-17(24)13-4-2-3-5-14(13)18/h2-9,22H,10H2,1H3,(H,19,24)(H,21,23)/b20-9-. The van der Waals surface area contributed by atoms with Crippen LogP contribution in [0.1, 0.15) is 15.9 Å². The molecule has 0 aliphatic rings. The summed E-state index contributed by atoms with van der Waals surface area (Å²) < 4.78 is 5.84. The van der Waals surface area contributed by atoms with E-state index in [9.17, 15) is 14.7 Å². The van der Waals surface area contributed by atoms with Gasteiger partial charge in [-0.3, -0.25) is 9.59 Å². The van der Waals surface area contributed by atoms with Gasteiger partial charge in [0, 0.05) is 9.13 Å². The van der Waals surface area contributed by atoms with E-state index in [2.05, 4.69) is 38.4 Å². The van der Waals surface area contributed by atoms with Crippen molar-refractivity contribution in [2.45, 2.75) is 0 Å². The van der Waals surface area contributed by atoms with Crippen molar-refractivity contribution in [2.75, 3.05) is 13.7 Å². The number of hydrogen-bond donors (Lipinski definition) is 3. The van der Waals surface area contributed by atoms with E-state index in [1.165, 1.54) is 19.4 Å². The lowest BCUT2D eigenvalue weighted by atomic mass is 10.2. The van der Waals surface area contributed by atoms with Crippen LogP contribution in [0.25, 0.3) is 0 Å². The second kappa shape index (κ2) is 9.02. The van der Waals surface area contributed by atoms with E-state index in [0.717, 1.165) is 3.57 Å². The van der Waals surface area contributed by atoms with Crippen LogP contribution in [0.3, 0.4) is 0 Å². The number of rotatable bonds is 6. The maximum absolute atomic E-state index is 12.0. The first-order chi connectivity index (χ1) is 12.0. The number of amides is 2. The number of carbonyl (C=O) groups is 2. The van der Waals surface area contributed by atoms with Gasteiger partial charge < -0.3 is 15.2 Å². The van der Waals surface area contributed by atoms with Crippen LogP contribution in [0.4, 0.5) is 0 Å². The van der Waals surface area contributed by atoms with Gasteiger partial charge in [-0.2, -0.15) is 5.10 Å². The topological polar surface area (TPSA) is 100 Å². The molecule has 0 bridgehead atoms. The highest BCUT2D eigenvalue weighted by molar-refractivity contribution is 14.1. The zero-order valence-electron chi connectivity index (χ0n) is 13.3. The molecule has 3 N–H and O–H groups in total. The molecule has 25 heavy (non-hydrogen) atoms. The number of nitrogens with zero attached hydrogens (tertiary/aromatic N) is 1. The van der Waals surface area contributed by atoms with Crippen LogP contribution in [-0.2, 0) is 4.79 Å². The number of carbonyl (C=O) groups excluding carboxylic acids is 2. The van der Waals surface area contributed by atoms with E-state index in [0.29, 0.717) is 16.9 Å². The summed E-state index contributed by atoms with van der Waals surface area (Å²) in [6.45, 7) is -0.217. The van der Waals surface area contributed by atoms with Crippen LogP contribution >= 0.6 is 22.6 Å². The largest absolute Gasteiger partial charge is 0.507 e. The van der Waals surface area contributed by atoms with Crippen molar-refractivity contribution in [1.82, 2.24) is 10.7 Å².